The van der Waals surface area contributed by atoms with Gasteiger partial charge in [-0.25, -0.2) is 4.79 Å². The Morgan fingerprint density at radius 2 is 1.91 bits per heavy atom. The zero-order chi connectivity index (χ0) is 16.3. The Labute approximate surface area is 126 Å². The largest absolute Gasteiger partial charge is 0.497 e. The van der Waals surface area contributed by atoms with Crippen LogP contribution in [0.1, 0.15) is 21.5 Å². The van der Waals surface area contributed by atoms with Gasteiger partial charge in [0.25, 0.3) is 5.69 Å². The van der Waals surface area contributed by atoms with E-state index < -0.39 is 10.9 Å². The molecule has 0 aliphatic heterocycles. The third-order valence-corrected chi connectivity index (χ3v) is 3.27. The number of aromatic carboxylic acids is 1. The van der Waals surface area contributed by atoms with Crippen molar-refractivity contribution in [1.29, 1.82) is 0 Å². The predicted molar refractivity (Wildman–Crippen MR) is 80.3 cm³/mol. The molecule has 2 aromatic rings. The van der Waals surface area contributed by atoms with Crippen LogP contribution in [0.3, 0.4) is 0 Å². The Bertz CT molecular complexity index is 725. The van der Waals surface area contributed by atoms with Crippen LogP contribution in [-0.2, 0) is 6.42 Å². The van der Waals surface area contributed by atoms with Gasteiger partial charge in [-0.2, -0.15) is 0 Å². The van der Waals surface area contributed by atoms with E-state index in [0.29, 0.717) is 11.3 Å². The zero-order valence-electron chi connectivity index (χ0n) is 11.8. The summed E-state index contributed by atoms with van der Waals surface area (Å²) in [5, 5.41) is 20.2. The molecule has 0 aliphatic carbocycles. The number of nitrogens with zero attached hydrogens (tertiary/aromatic N) is 1. The molecule has 0 fully saturated rings. The lowest BCUT2D eigenvalue weighted by molar-refractivity contribution is -0.384. The summed E-state index contributed by atoms with van der Waals surface area (Å²) in [6.45, 7) is 0. The number of anilines is 1. The highest BCUT2D eigenvalue weighted by Crippen LogP contribution is 2.31. The highest BCUT2D eigenvalue weighted by molar-refractivity contribution is 5.96. The second kappa shape index (κ2) is 6.13. The molecule has 2 aromatic carbocycles. The number of hydrogen-bond acceptors (Lipinski definition) is 5. The van der Waals surface area contributed by atoms with Crippen molar-refractivity contribution in [3.05, 3.63) is 63.2 Å². The molecule has 0 heterocycles. The van der Waals surface area contributed by atoms with E-state index in [1.165, 1.54) is 12.1 Å². The van der Waals surface area contributed by atoms with Gasteiger partial charge in [0.2, 0.25) is 0 Å². The zero-order valence-corrected chi connectivity index (χ0v) is 11.8. The smallest absolute Gasteiger partial charge is 0.338 e. The van der Waals surface area contributed by atoms with Crippen molar-refractivity contribution in [3.8, 4) is 5.75 Å². The Hall–Kier alpha value is -3.09. The Kier molecular flexibility index (Phi) is 4.26. The topological polar surface area (TPSA) is 116 Å². The molecule has 0 amide bonds. The molecule has 0 aromatic heterocycles. The first kappa shape index (κ1) is 15.3. The van der Waals surface area contributed by atoms with Crippen LogP contribution in [-0.4, -0.2) is 23.1 Å². The number of rotatable bonds is 5. The summed E-state index contributed by atoms with van der Waals surface area (Å²) in [6, 6.07) is 9.76. The number of nitrogens with two attached hydrogens (primary N) is 1. The standard InChI is InChI=1S/C15H14N2O5/c1-22-11-5-2-9(3-6-11)8-10-4-7-12(15(18)19)13(16)14(10)17(20)21/h2-7H,8,16H2,1H3,(H,18,19). The van der Waals surface area contributed by atoms with E-state index in [0.717, 1.165) is 5.56 Å². The van der Waals surface area contributed by atoms with Gasteiger partial charge in [0, 0.05) is 12.0 Å². The number of carbonyl (C=O) groups is 1. The molecule has 0 radical (unpaired) electrons. The lowest BCUT2D eigenvalue weighted by atomic mass is 9.99. The number of hydrogen-bond donors (Lipinski definition) is 2. The molecule has 0 bridgehead atoms. The van der Waals surface area contributed by atoms with Crippen LogP contribution in [0.2, 0.25) is 0 Å². The lowest BCUT2D eigenvalue weighted by Gasteiger charge is -2.08. The number of carboxylic acids is 1. The molecule has 0 unspecified atom stereocenters. The third kappa shape index (κ3) is 2.98. The van der Waals surface area contributed by atoms with Crippen LogP contribution < -0.4 is 10.5 Å². The average molecular weight is 302 g/mol. The van der Waals surface area contributed by atoms with Crippen LogP contribution in [0.5, 0.6) is 5.75 Å². The van der Waals surface area contributed by atoms with Crippen LogP contribution in [0.15, 0.2) is 36.4 Å². The van der Waals surface area contributed by atoms with Crippen LogP contribution in [0.4, 0.5) is 11.4 Å². The predicted octanol–water partition coefficient (Wildman–Crippen LogP) is 2.47. The van der Waals surface area contributed by atoms with Gasteiger partial charge < -0.3 is 15.6 Å². The minimum atomic E-state index is -1.29. The highest BCUT2D eigenvalue weighted by atomic mass is 16.6. The first-order valence-electron chi connectivity index (χ1n) is 6.36. The summed E-state index contributed by atoms with van der Waals surface area (Å²) in [5.74, 6) is -0.615. The summed E-state index contributed by atoms with van der Waals surface area (Å²) in [4.78, 5) is 21.6. The van der Waals surface area contributed by atoms with E-state index in [1.807, 2.05) is 0 Å². The lowest BCUT2D eigenvalue weighted by Crippen LogP contribution is -2.08. The molecule has 0 saturated carbocycles. The second-order valence-corrected chi connectivity index (χ2v) is 4.62. The Morgan fingerprint density at radius 3 is 2.41 bits per heavy atom. The van der Waals surface area contributed by atoms with E-state index in [-0.39, 0.29) is 23.4 Å². The van der Waals surface area contributed by atoms with Gasteiger partial charge in [-0.05, 0) is 23.8 Å². The molecule has 22 heavy (non-hydrogen) atoms. The molecule has 0 aliphatic rings. The van der Waals surface area contributed by atoms with E-state index >= 15 is 0 Å². The van der Waals surface area contributed by atoms with Crippen molar-refractivity contribution in [1.82, 2.24) is 0 Å². The molecule has 0 atom stereocenters. The Morgan fingerprint density at radius 1 is 1.27 bits per heavy atom. The molecule has 2 rings (SSSR count). The van der Waals surface area contributed by atoms with Gasteiger partial charge in [0.05, 0.1) is 17.6 Å². The van der Waals surface area contributed by atoms with E-state index in [4.69, 9.17) is 15.6 Å². The monoisotopic (exact) mass is 302 g/mol. The average Bonchev–Trinajstić information content (AvgIpc) is 2.47. The van der Waals surface area contributed by atoms with Gasteiger partial charge in [0.1, 0.15) is 11.4 Å². The van der Waals surface area contributed by atoms with E-state index in [1.54, 1.807) is 31.4 Å². The van der Waals surface area contributed by atoms with Crippen molar-refractivity contribution in [3.63, 3.8) is 0 Å². The van der Waals surface area contributed by atoms with Gasteiger partial charge in [0.15, 0.2) is 0 Å². The quantitative estimate of drug-likeness (QED) is 0.498. The SMILES string of the molecule is COc1ccc(Cc2ccc(C(=O)O)c(N)c2[N+](=O)[O-])cc1. The van der Waals surface area contributed by atoms with Crippen molar-refractivity contribution in [2.24, 2.45) is 0 Å². The number of methoxy groups -OCH3 is 1. The summed E-state index contributed by atoms with van der Waals surface area (Å²) < 4.78 is 5.05. The van der Waals surface area contributed by atoms with Crippen LogP contribution >= 0.6 is 0 Å². The fraction of sp³-hybridized carbons (Fsp3) is 0.133. The molecule has 7 heteroatoms. The number of nitro benzene ring substituents is 1. The fourth-order valence-electron chi connectivity index (χ4n) is 2.16. The van der Waals surface area contributed by atoms with Gasteiger partial charge in [-0.3, -0.25) is 10.1 Å². The first-order chi connectivity index (χ1) is 10.4. The van der Waals surface area contributed by atoms with E-state index in [9.17, 15) is 14.9 Å². The second-order valence-electron chi connectivity index (χ2n) is 4.62. The van der Waals surface area contributed by atoms with E-state index in [2.05, 4.69) is 0 Å². The minimum absolute atomic E-state index is 0.268. The number of nitro groups is 1. The normalized spacial score (nSPS) is 10.2. The summed E-state index contributed by atoms with van der Waals surface area (Å²) >= 11 is 0. The maximum Gasteiger partial charge on any atom is 0.338 e. The number of nitrogen functional groups attached to an aromatic ring is 1. The summed E-state index contributed by atoms with van der Waals surface area (Å²) in [5.41, 5.74) is 5.86. The first-order valence-corrected chi connectivity index (χ1v) is 6.36. The molecule has 114 valence electrons. The highest BCUT2D eigenvalue weighted by Gasteiger charge is 2.23. The van der Waals surface area contributed by atoms with Crippen LogP contribution in [0, 0.1) is 10.1 Å². The maximum absolute atomic E-state index is 11.2. The molecule has 0 saturated heterocycles. The summed E-state index contributed by atoms with van der Waals surface area (Å²) in [7, 11) is 1.55. The maximum atomic E-state index is 11.2. The number of ether oxygens (including phenoxy) is 1. The third-order valence-electron chi connectivity index (χ3n) is 3.27. The minimum Gasteiger partial charge on any atom is -0.497 e. The molecule has 0 spiro atoms. The van der Waals surface area contributed by atoms with Crippen molar-refractivity contribution < 1.29 is 19.6 Å². The van der Waals surface area contributed by atoms with Crippen LogP contribution in [0.25, 0.3) is 0 Å². The van der Waals surface area contributed by atoms with Gasteiger partial charge in [-0.1, -0.05) is 18.2 Å². The molecular formula is C15H14N2O5. The van der Waals surface area contributed by atoms with Crippen molar-refractivity contribution >= 4 is 17.3 Å². The number of benzene rings is 2. The fourth-order valence-corrected chi connectivity index (χ4v) is 2.16. The number of carboxylic acid groups (broad SMARTS) is 1. The van der Waals surface area contributed by atoms with Gasteiger partial charge in [-0.15, -0.1) is 0 Å². The molecular weight excluding hydrogens is 288 g/mol. The summed E-state index contributed by atoms with van der Waals surface area (Å²) in [6.07, 6.45) is 0.268. The van der Waals surface area contributed by atoms with Gasteiger partial charge >= 0.3 is 5.97 Å². The van der Waals surface area contributed by atoms with Crippen molar-refractivity contribution in [2.45, 2.75) is 6.42 Å². The molecule has 7 nitrogen and oxygen atoms in total. The van der Waals surface area contributed by atoms with Crippen molar-refractivity contribution in [2.75, 3.05) is 12.8 Å². The molecule has 3 N–H and O–H groups in total. The Balaban J connectivity index is 2.43.